The van der Waals surface area contributed by atoms with E-state index in [0.29, 0.717) is 28.8 Å². The molecule has 27 heavy (non-hydrogen) atoms. The zero-order chi connectivity index (χ0) is 19.8. The van der Waals surface area contributed by atoms with Crippen LogP contribution in [-0.4, -0.2) is 43.5 Å². The normalized spacial score (nSPS) is 15.0. The molecular weight excluding hydrogens is 368 g/mol. The van der Waals surface area contributed by atoms with Gasteiger partial charge in [0.25, 0.3) is 0 Å². The van der Waals surface area contributed by atoms with Gasteiger partial charge in [-0.05, 0) is 12.8 Å². The number of amides is 2. The standard InChI is InChI=1S/C20H29ClN2O4/c1-14(24)23(15-8-6-4-5-7-9-15)11-10-20(25)22-17-13-18(26-2)16(21)12-19(17)27-3/h12-13,15H,4-11H2,1-3H3,(H,22,25). The lowest BCUT2D eigenvalue weighted by atomic mass is 10.1. The van der Waals surface area contributed by atoms with E-state index < -0.39 is 0 Å². The summed E-state index contributed by atoms with van der Waals surface area (Å²) in [6, 6.07) is 3.47. The number of hydrogen-bond acceptors (Lipinski definition) is 4. The molecule has 1 aromatic carbocycles. The van der Waals surface area contributed by atoms with Gasteiger partial charge in [-0.15, -0.1) is 0 Å². The number of methoxy groups -OCH3 is 2. The highest BCUT2D eigenvalue weighted by Gasteiger charge is 2.23. The molecule has 1 N–H and O–H groups in total. The first-order chi connectivity index (χ1) is 13.0. The van der Waals surface area contributed by atoms with Crippen LogP contribution in [0, 0.1) is 0 Å². The van der Waals surface area contributed by atoms with Crippen molar-refractivity contribution in [1.29, 1.82) is 0 Å². The van der Waals surface area contributed by atoms with E-state index in [2.05, 4.69) is 5.32 Å². The lowest BCUT2D eigenvalue weighted by molar-refractivity contribution is -0.131. The van der Waals surface area contributed by atoms with Crippen LogP contribution < -0.4 is 14.8 Å². The van der Waals surface area contributed by atoms with E-state index in [1.54, 1.807) is 19.1 Å². The fraction of sp³-hybridized carbons (Fsp3) is 0.600. The molecule has 1 aromatic rings. The van der Waals surface area contributed by atoms with E-state index in [1.165, 1.54) is 27.1 Å². The summed E-state index contributed by atoms with van der Waals surface area (Å²) < 4.78 is 10.5. The van der Waals surface area contributed by atoms with Gasteiger partial charge in [0.2, 0.25) is 11.8 Å². The number of halogens is 1. The lowest BCUT2D eigenvalue weighted by Crippen LogP contribution is -2.40. The summed E-state index contributed by atoms with van der Waals surface area (Å²) in [6.07, 6.45) is 6.99. The fourth-order valence-corrected chi connectivity index (χ4v) is 3.79. The Morgan fingerprint density at radius 1 is 1.11 bits per heavy atom. The van der Waals surface area contributed by atoms with Crippen molar-refractivity contribution in [1.82, 2.24) is 4.90 Å². The second kappa shape index (κ2) is 10.4. The molecule has 1 saturated carbocycles. The summed E-state index contributed by atoms with van der Waals surface area (Å²) in [6.45, 7) is 1.99. The van der Waals surface area contributed by atoms with Gasteiger partial charge >= 0.3 is 0 Å². The molecule has 1 aliphatic rings. The van der Waals surface area contributed by atoms with Crippen molar-refractivity contribution >= 4 is 29.1 Å². The van der Waals surface area contributed by atoms with Crippen LogP contribution in [0.2, 0.25) is 5.02 Å². The zero-order valence-electron chi connectivity index (χ0n) is 16.3. The number of benzene rings is 1. The monoisotopic (exact) mass is 396 g/mol. The summed E-state index contributed by atoms with van der Waals surface area (Å²) in [4.78, 5) is 26.4. The molecule has 1 aliphatic carbocycles. The van der Waals surface area contributed by atoms with Crippen molar-refractivity contribution in [2.75, 3.05) is 26.1 Å². The summed E-state index contributed by atoms with van der Waals surface area (Å²) in [5, 5.41) is 3.24. The second-order valence-electron chi connectivity index (χ2n) is 6.84. The predicted molar refractivity (Wildman–Crippen MR) is 107 cm³/mol. The average Bonchev–Trinajstić information content (AvgIpc) is 2.92. The third kappa shape index (κ3) is 6.03. The number of nitrogens with zero attached hydrogens (tertiary/aromatic N) is 1. The van der Waals surface area contributed by atoms with Crippen LogP contribution in [-0.2, 0) is 9.59 Å². The molecule has 0 aromatic heterocycles. The van der Waals surface area contributed by atoms with Crippen molar-refractivity contribution in [2.45, 2.75) is 57.9 Å². The Morgan fingerprint density at radius 3 is 2.30 bits per heavy atom. The Kier molecular flexibility index (Phi) is 8.23. The Labute approximate surface area is 166 Å². The molecule has 0 radical (unpaired) electrons. The molecule has 0 atom stereocenters. The van der Waals surface area contributed by atoms with Crippen molar-refractivity contribution in [3.63, 3.8) is 0 Å². The van der Waals surface area contributed by atoms with Gasteiger partial charge in [0.1, 0.15) is 11.5 Å². The number of hydrogen-bond donors (Lipinski definition) is 1. The summed E-state index contributed by atoms with van der Waals surface area (Å²) in [7, 11) is 3.02. The summed E-state index contributed by atoms with van der Waals surface area (Å²) in [5.41, 5.74) is 0.493. The van der Waals surface area contributed by atoms with Gasteiger partial charge in [0.05, 0.1) is 24.9 Å². The maximum absolute atomic E-state index is 12.5. The predicted octanol–water partition coefficient (Wildman–Crippen LogP) is 4.26. The number of carbonyl (C=O) groups excluding carboxylic acids is 2. The molecule has 0 bridgehead atoms. The van der Waals surface area contributed by atoms with Crippen LogP contribution in [0.5, 0.6) is 11.5 Å². The number of ether oxygens (including phenoxy) is 2. The van der Waals surface area contributed by atoms with Crippen molar-refractivity contribution in [2.24, 2.45) is 0 Å². The number of carbonyl (C=O) groups is 2. The zero-order valence-corrected chi connectivity index (χ0v) is 17.1. The molecule has 0 heterocycles. The van der Waals surface area contributed by atoms with Crippen LogP contribution in [0.3, 0.4) is 0 Å². The Bertz CT molecular complexity index is 658. The molecular formula is C20H29ClN2O4. The van der Waals surface area contributed by atoms with E-state index in [1.807, 2.05) is 4.90 Å². The minimum atomic E-state index is -0.183. The SMILES string of the molecule is COc1cc(NC(=O)CCN(C(C)=O)C2CCCCCC2)c(OC)cc1Cl. The fourth-order valence-electron chi connectivity index (χ4n) is 3.56. The van der Waals surface area contributed by atoms with Crippen LogP contribution in [0.25, 0.3) is 0 Å². The van der Waals surface area contributed by atoms with Gasteiger partial charge < -0.3 is 19.7 Å². The van der Waals surface area contributed by atoms with E-state index in [4.69, 9.17) is 21.1 Å². The summed E-state index contributed by atoms with van der Waals surface area (Å²) >= 11 is 6.09. The summed E-state index contributed by atoms with van der Waals surface area (Å²) in [5.74, 6) is 0.760. The highest BCUT2D eigenvalue weighted by atomic mass is 35.5. The highest BCUT2D eigenvalue weighted by Crippen LogP contribution is 2.36. The highest BCUT2D eigenvalue weighted by molar-refractivity contribution is 6.32. The van der Waals surface area contributed by atoms with Crippen LogP contribution in [0.1, 0.15) is 51.9 Å². The molecule has 0 saturated heterocycles. The molecule has 7 heteroatoms. The molecule has 6 nitrogen and oxygen atoms in total. The Balaban J connectivity index is 2.00. The smallest absolute Gasteiger partial charge is 0.226 e. The van der Waals surface area contributed by atoms with Crippen LogP contribution in [0.4, 0.5) is 5.69 Å². The Hall–Kier alpha value is -1.95. The Morgan fingerprint density at radius 2 is 1.74 bits per heavy atom. The van der Waals surface area contributed by atoms with Gasteiger partial charge in [0.15, 0.2) is 0 Å². The maximum Gasteiger partial charge on any atom is 0.226 e. The topological polar surface area (TPSA) is 67.9 Å². The molecule has 0 aliphatic heterocycles. The number of anilines is 1. The number of rotatable bonds is 7. The lowest BCUT2D eigenvalue weighted by Gasteiger charge is -2.30. The third-order valence-corrected chi connectivity index (χ3v) is 5.29. The minimum Gasteiger partial charge on any atom is -0.495 e. The van der Waals surface area contributed by atoms with E-state index in [0.717, 1.165) is 25.7 Å². The van der Waals surface area contributed by atoms with Crippen LogP contribution in [0.15, 0.2) is 12.1 Å². The quantitative estimate of drug-likeness (QED) is 0.699. The van der Waals surface area contributed by atoms with Crippen LogP contribution >= 0.6 is 11.6 Å². The third-order valence-electron chi connectivity index (χ3n) is 5.00. The first-order valence-corrected chi connectivity index (χ1v) is 9.82. The van der Waals surface area contributed by atoms with Gasteiger partial charge in [-0.25, -0.2) is 0 Å². The maximum atomic E-state index is 12.5. The molecule has 0 unspecified atom stereocenters. The van der Waals surface area contributed by atoms with E-state index in [9.17, 15) is 9.59 Å². The molecule has 150 valence electrons. The first-order valence-electron chi connectivity index (χ1n) is 9.44. The van der Waals surface area contributed by atoms with Gasteiger partial charge in [0, 0.05) is 38.1 Å². The van der Waals surface area contributed by atoms with Crippen molar-refractivity contribution in [3.05, 3.63) is 17.2 Å². The largest absolute Gasteiger partial charge is 0.495 e. The minimum absolute atomic E-state index is 0.0282. The van der Waals surface area contributed by atoms with Crippen molar-refractivity contribution in [3.8, 4) is 11.5 Å². The molecule has 0 spiro atoms. The second-order valence-corrected chi connectivity index (χ2v) is 7.25. The van der Waals surface area contributed by atoms with Gasteiger partial charge in [-0.2, -0.15) is 0 Å². The molecule has 2 rings (SSSR count). The molecule has 1 fully saturated rings. The van der Waals surface area contributed by atoms with E-state index >= 15 is 0 Å². The average molecular weight is 397 g/mol. The first kappa shape index (κ1) is 21.4. The van der Waals surface area contributed by atoms with Crippen molar-refractivity contribution < 1.29 is 19.1 Å². The van der Waals surface area contributed by atoms with E-state index in [-0.39, 0.29) is 24.3 Å². The number of nitrogens with one attached hydrogen (secondary N) is 1. The molecule has 2 amide bonds. The van der Waals surface area contributed by atoms with Gasteiger partial charge in [-0.3, -0.25) is 9.59 Å². The van der Waals surface area contributed by atoms with Gasteiger partial charge in [-0.1, -0.05) is 37.3 Å².